The molecule has 0 amide bonds. The zero-order valence-corrected chi connectivity index (χ0v) is 13.2. The molecule has 2 N–H and O–H groups in total. The maximum absolute atomic E-state index is 5.76. The summed E-state index contributed by atoms with van der Waals surface area (Å²) < 4.78 is 0. The Balaban J connectivity index is 2.72. The second-order valence-corrected chi connectivity index (χ2v) is 5.80. The average molecular weight is 285 g/mol. The van der Waals surface area contributed by atoms with Gasteiger partial charge in [-0.05, 0) is 19.5 Å². The molecule has 1 heterocycles. The molecule has 1 aromatic rings. The van der Waals surface area contributed by atoms with E-state index in [2.05, 4.69) is 30.7 Å². The van der Waals surface area contributed by atoms with Gasteiger partial charge in [-0.15, -0.1) is 11.3 Å². The second-order valence-electron chi connectivity index (χ2n) is 4.27. The van der Waals surface area contributed by atoms with Crippen LogP contribution in [0.2, 0.25) is 0 Å². The van der Waals surface area contributed by atoms with Crippen molar-refractivity contribution in [2.75, 3.05) is 19.6 Å². The molecule has 0 atom stereocenters. The minimum absolute atomic E-state index is 0.491. The predicted molar refractivity (Wildman–Crippen MR) is 83.5 cm³/mol. The molecule has 102 valence electrons. The van der Waals surface area contributed by atoms with Gasteiger partial charge in [0.25, 0.3) is 0 Å². The molecule has 0 spiro atoms. The van der Waals surface area contributed by atoms with Crippen molar-refractivity contribution in [1.29, 1.82) is 0 Å². The van der Waals surface area contributed by atoms with Gasteiger partial charge in [-0.3, -0.25) is 0 Å². The summed E-state index contributed by atoms with van der Waals surface area (Å²) in [6.45, 7) is 9.77. The summed E-state index contributed by atoms with van der Waals surface area (Å²) in [6, 6.07) is 0. The third-order valence-corrected chi connectivity index (χ3v) is 4.51. The first-order chi connectivity index (χ1) is 8.62. The molecule has 18 heavy (non-hydrogen) atoms. The number of thiazole rings is 1. The van der Waals surface area contributed by atoms with Crippen LogP contribution in [0.5, 0.6) is 0 Å². The van der Waals surface area contributed by atoms with Crippen LogP contribution in [-0.2, 0) is 12.8 Å². The summed E-state index contributed by atoms with van der Waals surface area (Å²) in [4.78, 5) is 8.60. The molecule has 0 aliphatic heterocycles. The quantitative estimate of drug-likeness (QED) is 0.746. The number of nitrogens with zero attached hydrogens (tertiary/aromatic N) is 2. The first kappa shape index (κ1) is 15.5. The van der Waals surface area contributed by atoms with E-state index in [0.717, 1.165) is 54.5 Å². The number of aromatic nitrogens is 1. The average Bonchev–Trinajstić information content (AvgIpc) is 2.74. The Kier molecular flexibility index (Phi) is 6.75. The minimum Gasteiger partial charge on any atom is -0.389 e. The Labute approximate surface area is 119 Å². The molecule has 1 aromatic heterocycles. The number of hydrogen-bond donors (Lipinski definition) is 1. The predicted octanol–water partition coefficient (Wildman–Crippen LogP) is 2.61. The molecule has 0 saturated carbocycles. The van der Waals surface area contributed by atoms with Crippen LogP contribution < -0.4 is 5.73 Å². The molecule has 0 aromatic carbocycles. The number of hydrogen-bond acceptors (Lipinski definition) is 4. The molecule has 0 unspecified atom stereocenters. The third-order valence-electron chi connectivity index (χ3n) is 2.99. The van der Waals surface area contributed by atoms with Crippen LogP contribution in [0.15, 0.2) is 0 Å². The minimum atomic E-state index is 0.491. The number of aryl methyl sites for hydroxylation is 1. The van der Waals surface area contributed by atoms with Crippen molar-refractivity contribution in [3.63, 3.8) is 0 Å². The highest BCUT2D eigenvalue weighted by atomic mass is 32.1. The zero-order valence-electron chi connectivity index (χ0n) is 11.5. The fourth-order valence-electron chi connectivity index (χ4n) is 1.90. The Morgan fingerprint density at radius 3 is 2.44 bits per heavy atom. The monoisotopic (exact) mass is 285 g/mol. The van der Waals surface area contributed by atoms with Gasteiger partial charge in [0.15, 0.2) is 0 Å². The summed E-state index contributed by atoms with van der Waals surface area (Å²) in [6.07, 6.45) is 3.04. The lowest BCUT2D eigenvalue weighted by Gasteiger charge is -2.16. The van der Waals surface area contributed by atoms with Gasteiger partial charge in [-0.2, -0.15) is 0 Å². The van der Waals surface area contributed by atoms with Gasteiger partial charge in [0.2, 0.25) is 0 Å². The Bertz CT molecular complexity index is 384. The lowest BCUT2D eigenvalue weighted by Crippen LogP contribution is -2.25. The van der Waals surface area contributed by atoms with Crippen molar-refractivity contribution in [2.24, 2.45) is 5.73 Å². The highest BCUT2D eigenvalue weighted by molar-refractivity contribution is 7.81. The summed E-state index contributed by atoms with van der Waals surface area (Å²) in [7, 11) is 0. The molecule has 0 aliphatic carbocycles. The molecule has 0 fully saturated rings. The van der Waals surface area contributed by atoms with Crippen molar-refractivity contribution < 1.29 is 0 Å². The van der Waals surface area contributed by atoms with Crippen LogP contribution >= 0.6 is 23.6 Å². The molecule has 5 heteroatoms. The normalized spacial score (nSPS) is 11.1. The summed E-state index contributed by atoms with van der Waals surface area (Å²) in [5.74, 6) is 0. The van der Waals surface area contributed by atoms with E-state index in [4.69, 9.17) is 18.0 Å². The molecule has 0 aliphatic rings. The lowest BCUT2D eigenvalue weighted by atomic mass is 10.2. The van der Waals surface area contributed by atoms with Crippen molar-refractivity contribution in [1.82, 2.24) is 9.88 Å². The maximum Gasteiger partial charge on any atom is 0.116 e. The fraction of sp³-hybridized carbons (Fsp3) is 0.692. The van der Waals surface area contributed by atoms with E-state index in [1.165, 1.54) is 0 Å². The van der Waals surface area contributed by atoms with Crippen molar-refractivity contribution >= 4 is 28.5 Å². The Morgan fingerprint density at radius 1 is 1.28 bits per heavy atom. The van der Waals surface area contributed by atoms with Crippen LogP contribution in [0.3, 0.4) is 0 Å². The van der Waals surface area contributed by atoms with Gasteiger partial charge < -0.3 is 10.6 Å². The van der Waals surface area contributed by atoms with Gasteiger partial charge in [-0.25, -0.2) is 4.98 Å². The number of nitrogens with two attached hydrogens (primary N) is 1. The van der Waals surface area contributed by atoms with E-state index in [9.17, 15) is 0 Å². The molecular formula is C13H23N3S2. The number of likely N-dealkylation sites (N-methyl/N-ethyl adjacent to an activating group) is 1. The maximum atomic E-state index is 5.76. The summed E-state index contributed by atoms with van der Waals surface area (Å²) >= 11 is 6.76. The van der Waals surface area contributed by atoms with Gasteiger partial charge in [0.1, 0.15) is 4.99 Å². The second kappa shape index (κ2) is 7.81. The molecule has 1 rings (SSSR count). The van der Waals surface area contributed by atoms with Crippen LogP contribution in [0.1, 0.15) is 42.8 Å². The molecule has 0 bridgehead atoms. The zero-order chi connectivity index (χ0) is 13.5. The molecule has 0 radical (unpaired) electrons. The fourth-order valence-corrected chi connectivity index (χ4v) is 3.09. The summed E-state index contributed by atoms with van der Waals surface area (Å²) in [5, 5.41) is 1.16. The topological polar surface area (TPSA) is 42.2 Å². The molecule has 0 saturated heterocycles. The Hall–Kier alpha value is -0.520. The lowest BCUT2D eigenvalue weighted by molar-refractivity contribution is 0.308. The van der Waals surface area contributed by atoms with Crippen LogP contribution in [-0.4, -0.2) is 34.5 Å². The van der Waals surface area contributed by atoms with E-state index >= 15 is 0 Å². The van der Waals surface area contributed by atoms with Crippen LogP contribution in [0, 0.1) is 0 Å². The SMILES string of the molecule is CCCc1nc(CCN(CC)CC)sc1C(N)=S. The van der Waals surface area contributed by atoms with Crippen molar-refractivity contribution in [3.05, 3.63) is 15.6 Å². The number of rotatable bonds is 8. The van der Waals surface area contributed by atoms with Crippen molar-refractivity contribution in [2.45, 2.75) is 40.0 Å². The first-order valence-electron chi connectivity index (χ1n) is 6.63. The van der Waals surface area contributed by atoms with Gasteiger partial charge >= 0.3 is 0 Å². The van der Waals surface area contributed by atoms with E-state index in [-0.39, 0.29) is 0 Å². The van der Waals surface area contributed by atoms with E-state index in [0.29, 0.717) is 4.99 Å². The summed E-state index contributed by atoms with van der Waals surface area (Å²) in [5.41, 5.74) is 6.85. The van der Waals surface area contributed by atoms with Crippen molar-refractivity contribution in [3.8, 4) is 0 Å². The van der Waals surface area contributed by atoms with Gasteiger partial charge in [0.05, 0.1) is 15.6 Å². The Morgan fingerprint density at radius 2 is 1.94 bits per heavy atom. The van der Waals surface area contributed by atoms with Crippen LogP contribution in [0.4, 0.5) is 0 Å². The van der Waals surface area contributed by atoms with Crippen LogP contribution in [0.25, 0.3) is 0 Å². The first-order valence-corrected chi connectivity index (χ1v) is 7.85. The number of thiocarbonyl (C=S) groups is 1. The van der Waals surface area contributed by atoms with E-state index in [1.54, 1.807) is 11.3 Å². The molecular weight excluding hydrogens is 262 g/mol. The van der Waals surface area contributed by atoms with Gasteiger partial charge in [-0.1, -0.05) is 39.4 Å². The van der Waals surface area contributed by atoms with Gasteiger partial charge in [0, 0.05) is 13.0 Å². The standard InChI is InChI=1S/C13H23N3S2/c1-4-7-10-12(13(14)17)18-11(15-10)8-9-16(5-2)6-3/h4-9H2,1-3H3,(H2,14,17). The highest BCUT2D eigenvalue weighted by Gasteiger charge is 2.13. The third kappa shape index (κ3) is 4.30. The largest absolute Gasteiger partial charge is 0.389 e. The van der Waals surface area contributed by atoms with E-state index in [1.807, 2.05) is 0 Å². The van der Waals surface area contributed by atoms with E-state index < -0.39 is 0 Å². The highest BCUT2D eigenvalue weighted by Crippen LogP contribution is 2.20. The molecule has 3 nitrogen and oxygen atoms in total. The smallest absolute Gasteiger partial charge is 0.116 e.